The standard InChI is InChI=1S/C13H21NO5/c1-12(2,3)19-11(17)14-7-5-4-6-13(14)8-9(15)18-10(13)16/h9,15H,4-8H2,1-3H3. The van der Waals surface area contributed by atoms with Crippen molar-refractivity contribution in [1.82, 2.24) is 4.90 Å². The maximum Gasteiger partial charge on any atom is 0.411 e. The number of nitrogens with zero attached hydrogens (tertiary/aromatic N) is 1. The molecule has 2 saturated heterocycles. The molecule has 2 aliphatic heterocycles. The van der Waals surface area contributed by atoms with Gasteiger partial charge >= 0.3 is 12.1 Å². The molecule has 2 atom stereocenters. The molecule has 2 fully saturated rings. The molecule has 0 radical (unpaired) electrons. The van der Waals surface area contributed by atoms with E-state index in [0.29, 0.717) is 13.0 Å². The number of amides is 1. The maximum atomic E-state index is 12.2. The highest BCUT2D eigenvalue weighted by molar-refractivity contribution is 5.87. The molecule has 6 nitrogen and oxygen atoms in total. The van der Waals surface area contributed by atoms with Crippen molar-refractivity contribution in [2.75, 3.05) is 6.54 Å². The summed E-state index contributed by atoms with van der Waals surface area (Å²) in [7, 11) is 0. The van der Waals surface area contributed by atoms with Gasteiger partial charge in [-0.3, -0.25) is 4.90 Å². The van der Waals surface area contributed by atoms with Gasteiger partial charge in [0.2, 0.25) is 6.29 Å². The number of aliphatic hydroxyl groups is 1. The smallest absolute Gasteiger partial charge is 0.411 e. The van der Waals surface area contributed by atoms with Gasteiger partial charge in [-0.05, 0) is 40.0 Å². The summed E-state index contributed by atoms with van der Waals surface area (Å²) < 4.78 is 10.2. The van der Waals surface area contributed by atoms with Crippen LogP contribution in [0, 0.1) is 0 Å². The molecular weight excluding hydrogens is 250 g/mol. The number of carbonyl (C=O) groups excluding carboxylic acids is 2. The van der Waals surface area contributed by atoms with Crippen molar-refractivity contribution in [3.8, 4) is 0 Å². The van der Waals surface area contributed by atoms with Crippen LogP contribution in [0.1, 0.15) is 46.5 Å². The van der Waals surface area contributed by atoms with Crippen molar-refractivity contribution < 1.29 is 24.2 Å². The van der Waals surface area contributed by atoms with Gasteiger partial charge < -0.3 is 14.6 Å². The lowest BCUT2D eigenvalue weighted by atomic mass is 9.85. The molecule has 0 aromatic heterocycles. The highest BCUT2D eigenvalue weighted by Gasteiger charge is 2.56. The summed E-state index contributed by atoms with van der Waals surface area (Å²) in [4.78, 5) is 25.7. The number of ether oxygens (including phenoxy) is 2. The molecule has 0 aromatic carbocycles. The Morgan fingerprint density at radius 2 is 2.16 bits per heavy atom. The lowest BCUT2D eigenvalue weighted by Crippen LogP contribution is -2.58. The third-order valence-corrected chi connectivity index (χ3v) is 3.49. The average Bonchev–Trinajstić information content (AvgIpc) is 2.52. The van der Waals surface area contributed by atoms with Crippen molar-refractivity contribution in [3.05, 3.63) is 0 Å². The first-order valence-electron chi connectivity index (χ1n) is 6.64. The number of carbonyl (C=O) groups is 2. The monoisotopic (exact) mass is 271 g/mol. The second-order valence-corrected chi connectivity index (χ2v) is 6.18. The highest BCUT2D eigenvalue weighted by atomic mass is 16.6. The van der Waals surface area contributed by atoms with E-state index < -0.39 is 29.5 Å². The predicted octanol–water partition coefficient (Wildman–Crippen LogP) is 1.41. The van der Waals surface area contributed by atoms with Gasteiger partial charge in [-0.1, -0.05) is 0 Å². The van der Waals surface area contributed by atoms with E-state index >= 15 is 0 Å². The Balaban J connectivity index is 2.21. The van der Waals surface area contributed by atoms with Crippen LogP contribution >= 0.6 is 0 Å². The van der Waals surface area contributed by atoms with Gasteiger partial charge in [-0.25, -0.2) is 9.59 Å². The van der Waals surface area contributed by atoms with Crippen molar-refractivity contribution in [3.63, 3.8) is 0 Å². The van der Waals surface area contributed by atoms with E-state index in [4.69, 9.17) is 9.47 Å². The van der Waals surface area contributed by atoms with Gasteiger partial charge in [0.25, 0.3) is 0 Å². The first-order chi connectivity index (χ1) is 8.74. The van der Waals surface area contributed by atoms with Gasteiger partial charge in [0, 0.05) is 13.0 Å². The minimum absolute atomic E-state index is 0.130. The van der Waals surface area contributed by atoms with E-state index in [0.717, 1.165) is 12.8 Å². The van der Waals surface area contributed by atoms with Crippen LogP contribution in [-0.4, -0.2) is 46.0 Å². The number of piperidine rings is 1. The zero-order valence-corrected chi connectivity index (χ0v) is 11.6. The van der Waals surface area contributed by atoms with Gasteiger partial charge in [-0.2, -0.15) is 0 Å². The molecule has 0 saturated carbocycles. The zero-order valence-electron chi connectivity index (χ0n) is 11.6. The summed E-state index contributed by atoms with van der Waals surface area (Å²) in [5.74, 6) is -0.523. The number of likely N-dealkylation sites (tertiary alicyclic amines) is 1. The van der Waals surface area contributed by atoms with Gasteiger partial charge in [0.15, 0.2) is 0 Å². The normalized spacial score (nSPS) is 31.5. The average molecular weight is 271 g/mol. The third-order valence-electron chi connectivity index (χ3n) is 3.49. The molecule has 0 aromatic rings. The van der Waals surface area contributed by atoms with Crippen molar-refractivity contribution in [1.29, 1.82) is 0 Å². The number of cyclic esters (lactones) is 1. The molecular formula is C13H21NO5. The summed E-state index contributed by atoms with van der Waals surface area (Å²) in [5, 5.41) is 9.53. The Labute approximate surface area is 112 Å². The van der Waals surface area contributed by atoms with Crippen molar-refractivity contribution in [2.45, 2.75) is 63.9 Å². The van der Waals surface area contributed by atoms with E-state index in [-0.39, 0.29) is 6.42 Å². The molecule has 19 heavy (non-hydrogen) atoms. The fraction of sp³-hybridized carbons (Fsp3) is 0.846. The van der Waals surface area contributed by atoms with Crippen LogP contribution in [0.4, 0.5) is 4.79 Å². The molecule has 1 N–H and O–H groups in total. The Bertz CT molecular complexity index is 389. The number of hydrogen-bond acceptors (Lipinski definition) is 5. The molecule has 108 valence electrons. The van der Waals surface area contributed by atoms with Crippen LogP contribution in [0.5, 0.6) is 0 Å². The minimum Gasteiger partial charge on any atom is -0.444 e. The summed E-state index contributed by atoms with van der Waals surface area (Å²) in [6, 6.07) is 0. The van der Waals surface area contributed by atoms with Crippen LogP contribution in [0.3, 0.4) is 0 Å². The second kappa shape index (κ2) is 4.67. The van der Waals surface area contributed by atoms with E-state index in [9.17, 15) is 14.7 Å². The third kappa shape index (κ3) is 2.68. The Kier molecular flexibility index (Phi) is 3.47. The van der Waals surface area contributed by atoms with Crippen LogP contribution in [0.2, 0.25) is 0 Å². The number of aliphatic hydroxyl groups excluding tert-OH is 1. The van der Waals surface area contributed by atoms with Crippen LogP contribution < -0.4 is 0 Å². The molecule has 0 bridgehead atoms. The molecule has 2 heterocycles. The van der Waals surface area contributed by atoms with Crippen molar-refractivity contribution >= 4 is 12.1 Å². The Morgan fingerprint density at radius 1 is 1.47 bits per heavy atom. The van der Waals surface area contributed by atoms with Crippen LogP contribution in [0.15, 0.2) is 0 Å². The first-order valence-corrected chi connectivity index (χ1v) is 6.64. The number of hydrogen-bond donors (Lipinski definition) is 1. The van der Waals surface area contributed by atoms with Crippen LogP contribution in [-0.2, 0) is 14.3 Å². The Hall–Kier alpha value is -1.30. The predicted molar refractivity (Wildman–Crippen MR) is 66.2 cm³/mol. The van der Waals surface area contributed by atoms with E-state index in [1.165, 1.54) is 4.90 Å². The molecule has 2 aliphatic rings. The van der Waals surface area contributed by atoms with Gasteiger partial charge in [0.1, 0.15) is 11.1 Å². The zero-order chi connectivity index (χ0) is 14.3. The minimum atomic E-state index is -1.13. The first kappa shape index (κ1) is 14.1. The highest BCUT2D eigenvalue weighted by Crippen LogP contribution is 2.39. The number of rotatable bonds is 0. The topological polar surface area (TPSA) is 76.1 Å². The molecule has 2 rings (SSSR count). The summed E-state index contributed by atoms with van der Waals surface area (Å²) >= 11 is 0. The molecule has 6 heteroatoms. The lowest BCUT2D eigenvalue weighted by molar-refractivity contribution is -0.160. The van der Waals surface area contributed by atoms with E-state index in [1.54, 1.807) is 20.8 Å². The second-order valence-electron chi connectivity index (χ2n) is 6.18. The SMILES string of the molecule is CC(C)(C)OC(=O)N1CCCCC12CC(O)OC2=O. The maximum absolute atomic E-state index is 12.2. The Morgan fingerprint density at radius 3 is 2.68 bits per heavy atom. The summed E-state index contributed by atoms with van der Waals surface area (Å²) in [5.41, 5.74) is -1.66. The largest absolute Gasteiger partial charge is 0.444 e. The summed E-state index contributed by atoms with van der Waals surface area (Å²) in [6.45, 7) is 5.80. The van der Waals surface area contributed by atoms with E-state index in [1.807, 2.05) is 0 Å². The van der Waals surface area contributed by atoms with Gasteiger partial charge in [-0.15, -0.1) is 0 Å². The van der Waals surface area contributed by atoms with Gasteiger partial charge in [0.05, 0.1) is 0 Å². The molecule has 0 aliphatic carbocycles. The summed E-state index contributed by atoms with van der Waals surface area (Å²) in [6.07, 6.45) is 0.660. The molecule has 1 spiro atoms. The van der Waals surface area contributed by atoms with E-state index in [2.05, 4.69) is 0 Å². The fourth-order valence-corrected chi connectivity index (χ4v) is 2.69. The number of esters is 1. The lowest BCUT2D eigenvalue weighted by Gasteiger charge is -2.41. The molecule has 1 amide bonds. The molecule has 2 unspecified atom stereocenters. The van der Waals surface area contributed by atoms with Crippen LogP contribution in [0.25, 0.3) is 0 Å². The quantitative estimate of drug-likeness (QED) is 0.674. The fourth-order valence-electron chi connectivity index (χ4n) is 2.69. The van der Waals surface area contributed by atoms with Crippen molar-refractivity contribution in [2.24, 2.45) is 0 Å².